The van der Waals surface area contributed by atoms with Gasteiger partial charge in [0, 0.05) is 32.3 Å². The minimum Gasteiger partial charge on any atom is -0.496 e. The van der Waals surface area contributed by atoms with E-state index in [9.17, 15) is 9.59 Å². The molecule has 21 heavy (non-hydrogen) atoms. The summed E-state index contributed by atoms with van der Waals surface area (Å²) in [5.74, 6) is -0.679. The maximum Gasteiger partial charge on any atom is 0.257 e. The Morgan fingerprint density at radius 1 is 1.43 bits per heavy atom. The van der Waals surface area contributed by atoms with E-state index in [2.05, 4.69) is 0 Å². The predicted octanol–water partition coefficient (Wildman–Crippen LogP) is -0.154. The molecule has 1 saturated heterocycles. The third kappa shape index (κ3) is 2.93. The molecule has 2 atom stereocenters. The van der Waals surface area contributed by atoms with Crippen molar-refractivity contribution in [1.29, 1.82) is 0 Å². The summed E-state index contributed by atoms with van der Waals surface area (Å²) in [4.78, 5) is 29.4. The topological polar surface area (TPSA) is 86.8 Å². The second-order valence-electron chi connectivity index (χ2n) is 5.19. The van der Waals surface area contributed by atoms with E-state index in [-0.39, 0.29) is 11.5 Å². The third-order valence-corrected chi connectivity index (χ3v) is 4.06. The number of carbonyl (C=O) groups excluding carboxylic acids is 1. The molecule has 7 heteroatoms. The van der Waals surface area contributed by atoms with E-state index in [0.717, 1.165) is 0 Å². The van der Waals surface area contributed by atoms with Gasteiger partial charge in [-0.3, -0.25) is 9.59 Å². The molecule has 1 amide bonds. The zero-order chi connectivity index (χ0) is 15.6. The first-order chi connectivity index (χ1) is 9.99. The lowest BCUT2D eigenvalue weighted by molar-refractivity contribution is -0.162. The average Bonchev–Trinajstić information content (AvgIpc) is 2.49. The van der Waals surface area contributed by atoms with Crippen molar-refractivity contribution in [2.45, 2.75) is 12.3 Å². The molecule has 1 aromatic rings. The zero-order valence-electron chi connectivity index (χ0n) is 12.5. The molecule has 1 aliphatic rings. The second-order valence-corrected chi connectivity index (χ2v) is 5.19. The number of hydrogen-bond donors (Lipinski definition) is 1. The van der Waals surface area contributed by atoms with Crippen LogP contribution in [0, 0.1) is 5.92 Å². The summed E-state index contributed by atoms with van der Waals surface area (Å²) >= 11 is 0. The van der Waals surface area contributed by atoms with Crippen LogP contribution >= 0.6 is 0 Å². The van der Waals surface area contributed by atoms with E-state index < -0.39 is 11.8 Å². The van der Waals surface area contributed by atoms with E-state index >= 15 is 0 Å². The monoisotopic (exact) mass is 295 g/mol. The van der Waals surface area contributed by atoms with Crippen LogP contribution < -0.4 is 16.0 Å². The number of primary amides is 1. The van der Waals surface area contributed by atoms with Crippen LogP contribution in [0.5, 0.6) is 5.75 Å². The molecule has 2 rings (SSSR count). The predicted molar refractivity (Wildman–Crippen MR) is 76.9 cm³/mol. The molecule has 2 unspecified atom stereocenters. The number of pyridine rings is 1. The van der Waals surface area contributed by atoms with E-state index in [0.29, 0.717) is 30.8 Å². The smallest absolute Gasteiger partial charge is 0.257 e. The molecule has 1 fully saturated rings. The number of amides is 1. The second kappa shape index (κ2) is 6.28. The zero-order valence-corrected chi connectivity index (χ0v) is 12.5. The van der Waals surface area contributed by atoms with Gasteiger partial charge in [0.2, 0.25) is 5.91 Å². The Hall–Kier alpha value is -1.86. The molecule has 2 heterocycles. The molecule has 116 valence electrons. The van der Waals surface area contributed by atoms with Gasteiger partial charge in [-0.2, -0.15) is 5.06 Å². The number of hydrogen-bond acceptors (Lipinski definition) is 5. The van der Waals surface area contributed by atoms with Crippen LogP contribution in [0.1, 0.15) is 17.9 Å². The highest BCUT2D eigenvalue weighted by Gasteiger charge is 2.37. The van der Waals surface area contributed by atoms with Gasteiger partial charge in [-0.25, -0.2) is 0 Å². The van der Waals surface area contributed by atoms with Crippen LogP contribution in [0.4, 0.5) is 0 Å². The van der Waals surface area contributed by atoms with Crippen molar-refractivity contribution in [3.63, 3.8) is 0 Å². The van der Waals surface area contributed by atoms with Gasteiger partial charge < -0.3 is 19.9 Å². The van der Waals surface area contributed by atoms with Crippen molar-refractivity contribution in [3.05, 3.63) is 28.2 Å². The van der Waals surface area contributed by atoms with Crippen molar-refractivity contribution in [1.82, 2.24) is 9.63 Å². The van der Waals surface area contributed by atoms with Crippen LogP contribution in [0.25, 0.3) is 0 Å². The summed E-state index contributed by atoms with van der Waals surface area (Å²) in [6, 6.07) is 1.73. The van der Waals surface area contributed by atoms with Crippen LogP contribution in [0.15, 0.2) is 17.1 Å². The number of aromatic nitrogens is 1. The summed E-state index contributed by atoms with van der Waals surface area (Å²) in [6.07, 6.45) is 2.26. The van der Waals surface area contributed by atoms with Crippen LogP contribution in [0.3, 0.4) is 0 Å². The van der Waals surface area contributed by atoms with E-state index in [1.807, 2.05) is 0 Å². The number of hydroxylamine groups is 2. The van der Waals surface area contributed by atoms with Crippen molar-refractivity contribution in [3.8, 4) is 5.75 Å². The molecule has 2 N–H and O–H groups in total. The molecule has 1 aromatic heterocycles. The highest BCUT2D eigenvalue weighted by Crippen LogP contribution is 2.35. The normalized spacial score (nSPS) is 23.0. The van der Waals surface area contributed by atoms with Gasteiger partial charge >= 0.3 is 0 Å². The Balaban J connectivity index is 2.47. The Bertz CT molecular complexity index is 584. The molecule has 0 aliphatic carbocycles. The average molecular weight is 295 g/mol. The summed E-state index contributed by atoms with van der Waals surface area (Å²) < 4.78 is 6.79. The van der Waals surface area contributed by atoms with Gasteiger partial charge in [-0.15, -0.1) is 0 Å². The lowest BCUT2D eigenvalue weighted by atomic mass is 9.80. The number of nitrogens with zero attached hydrogens (tertiary/aromatic N) is 2. The Morgan fingerprint density at radius 2 is 2.14 bits per heavy atom. The number of rotatable bonds is 4. The fraction of sp³-hybridized carbons (Fsp3) is 0.571. The number of aryl methyl sites for hydroxylation is 1. The lowest BCUT2D eigenvalue weighted by Gasteiger charge is -2.35. The van der Waals surface area contributed by atoms with Crippen molar-refractivity contribution in [2.24, 2.45) is 18.7 Å². The number of methoxy groups -OCH3 is 1. The quantitative estimate of drug-likeness (QED) is 0.834. The number of ether oxygens (including phenoxy) is 1. The Labute approximate surface area is 123 Å². The van der Waals surface area contributed by atoms with Crippen molar-refractivity contribution in [2.75, 3.05) is 27.3 Å². The van der Waals surface area contributed by atoms with Crippen LogP contribution in [-0.2, 0) is 16.7 Å². The summed E-state index contributed by atoms with van der Waals surface area (Å²) in [5, 5.41) is 1.69. The highest BCUT2D eigenvalue weighted by molar-refractivity contribution is 5.78. The molecular formula is C14H21N3O4. The molecular weight excluding hydrogens is 274 g/mol. The summed E-state index contributed by atoms with van der Waals surface area (Å²) in [7, 11) is 4.75. The largest absolute Gasteiger partial charge is 0.496 e. The van der Waals surface area contributed by atoms with Gasteiger partial charge in [0.05, 0.1) is 25.7 Å². The van der Waals surface area contributed by atoms with Gasteiger partial charge in [-0.05, 0) is 12.5 Å². The van der Waals surface area contributed by atoms with Gasteiger partial charge in [-0.1, -0.05) is 0 Å². The highest BCUT2D eigenvalue weighted by atomic mass is 16.7. The standard InChI is InChI=1S/C14H21N3O4/c1-16-6-5-11(20-2)12(14(16)19)9-4-7-17(21-3)8-10(9)13(15)18/h5-6,9-10H,4,7-8H2,1-3H3,(H2,15,18). The fourth-order valence-corrected chi connectivity index (χ4v) is 2.87. The molecule has 0 saturated carbocycles. The Kier molecular flexibility index (Phi) is 4.64. The van der Waals surface area contributed by atoms with Crippen molar-refractivity contribution >= 4 is 5.91 Å². The van der Waals surface area contributed by atoms with Gasteiger partial charge in [0.1, 0.15) is 5.75 Å². The Morgan fingerprint density at radius 3 is 2.71 bits per heavy atom. The molecule has 7 nitrogen and oxygen atoms in total. The number of piperidine rings is 1. The molecule has 0 bridgehead atoms. The van der Waals surface area contributed by atoms with Gasteiger partial charge in [0.25, 0.3) is 5.56 Å². The number of nitrogens with two attached hydrogens (primary N) is 1. The van der Waals surface area contributed by atoms with E-state index in [1.165, 1.54) is 11.7 Å². The van der Waals surface area contributed by atoms with Crippen LogP contribution in [-0.4, -0.2) is 42.8 Å². The summed E-state index contributed by atoms with van der Waals surface area (Å²) in [5.41, 5.74) is 5.88. The van der Waals surface area contributed by atoms with E-state index in [1.54, 1.807) is 31.5 Å². The summed E-state index contributed by atoms with van der Waals surface area (Å²) in [6.45, 7) is 1.00. The first-order valence-electron chi connectivity index (χ1n) is 6.81. The first kappa shape index (κ1) is 15.5. The third-order valence-electron chi connectivity index (χ3n) is 4.06. The SMILES string of the molecule is COc1ccn(C)c(=O)c1C1CCN(OC)CC1C(N)=O. The fourth-order valence-electron chi connectivity index (χ4n) is 2.87. The lowest BCUT2D eigenvalue weighted by Crippen LogP contribution is -2.46. The molecule has 1 aliphatic heterocycles. The minimum absolute atomic E-state index is 0.156. The van der Waals surface area contributed by atoms with Crippen molar-refractivity contribution < 1.29 is 14.4 Å². The van der Waals surface area contributed by atoms with Crippen LogP contribution in [0.2, 0.25) is 0 Å². The molecule has 0 aromatic carbocycles. The molecule has 0 spiro atoms. The van der Waals surface area contributed by atoms with E-state index in [4.69, 9.17) is 15.3 Å². The minimum atomic E-state index is -0.484. The van der Waals surface area contributed by atoms with Gasteiger partial charge in [0.15, 0.2) is 0 Å². The maximum atomic E-state index is 12.5. The first-order valence-corrected chi connectivity index (χ1v) is 6.81. The number of carbonyl (C=O) groups is 1. The maximum absolute atomic E-state index is 12.5. The molecule has 0 radical (unpaired) electrons.